The lowest BCUT2D eigenvalue weighted by molar-refractivity contribution is 0.370. The van der Waals surface area contributed by atoms with Crippen molar-refractivity contribution in [2.45, 2.75) is 19.4 Å². The molecule has 0 spiro atoms. The fourth-order valence-corrected chi connectivity index (χ4v) is 0.970. The highest BCUT2D eigenvalue weighted by molar-refractivity contribution is 4.83. The van der Waals surface area contributed by atoms with Gasteiger partial charge >= 0.3 is 0 Å². The molecule has 0 saturated carbocycles. The van der Waals surface area contributed by atoms with Gasteiger partial charge in [-0.15, -0.1) is 0 Å². The summed E-state index contributed by atoms with van der Waals surface area (Å²) in [6.07, 6.45) is 5.45. The third-order valence-corrected chi connectivity index (χ3v) is 1.76. The summed E-state index contributed by atoms with van der Waals surface area (Å²) in [5, 5.41) is 6.66. The third kappa shape index (κ3) is 2.50. The molecule has 1 aliphatic heterocycles. The molecule has 2 N–H and O–H groups in total. The van der Waals surface area contributed by atoms with Crippen molar-refractivity contribution in [3.8, 4) is 0 Å². The van der Waals surface area contributed by atoms with Gasteiger partial charge in [0.25, 0.3) is 0 Å². The standard InChI is InChI=1S/C8H16N2/c1-2-3-4-5-10-8-6-9-7-8/h2-3,8-10H,4-7H2,1H3/b3-2+. The fraction of sp³-hybridized carbons (Fsp3) is 0.750. The maximum absolute atomic E-state index is 3.44. The Bertz CT molecular complexity index is 106. The van der Waals surface area contributed by atoms with E-state index in [1.165, 1.54) is 0 Å². The average Bonchev–Trinajstić information content (AvgIpc) is 1.84. The lowest BCUT2D eigenvalue weighted by atomic mass is 10.2. The normalized spacial score (nSPS) is 19.7. The van der Waals surface area contributed by atoms with Crippen LogP contribution in [0.2, 0.25) is 0 Å². The van der Waals surface area contributed by atoms with Crippen molar-refractivity contribution in [3.05, 3.63) is 12.2 Å². The Morgan fingerprint density at radius 3 is 2.90 bits per heavy atom. The number of allylic oxidation sites excluding steroid dienone is 1. The molecule has 0 atom stereocenters. The van der Waals surface area contributed by atoms with Crippen LogP contribution < -0.4 is 10.6 Å². The van der Waals surface area contributed by atoms with E-state index in [0.717, 1.165) is 32.1 Å². The minimum atomic E-state index is 0.741. The second-order valence-corrected chi connectivity index (χ2v) is 2.67. The quantitative estimate of drug-likeness (QED) is 0.439. The first-order valence-electron chi connectivity index (χ1n) is 3.98. The average molecular weight is 140 g/mol. The van der Waals surface area contributed by atoms with Gasteiger partial charge in [0.1, 0.15) is 0 Å². The number of nitrogens with one attached hydrogen (secondary N) is 2. The Morgan fingerprint density at radius 1 is 1.60 bits per heavy atom. The molecule has 58 valence electrons. The van der Waals surface area contributed by atoms with Gasteiger partial charge in [-0.2, -0.15) is 0 Å². The molecular formula is C8H16N2. The van der Waals surface area contributed by atoms with Gasteiger partial charge in [-0.3, -0.25) is 0 Å². The Morgan fingerprint density at radius 2 is 2.40 bits per heavy atom. The minimum absolute atomic E-state index is 0.741. The Kier molecular flexibility index (Phi) is 3.47. The fourth-order valence-electron chi connectivity index (χ4n) is 0.970. The van der Waals surface area contributed by atoms with Crippen LogP contribution in [-0.4, -0.2) is 25.7 Å². The van der Waals surface area contributed by atoms with E-state index >= 15 is 0 Å². The van der Waals surface area contributed by atoms with Crippen LogP contribution in [0.3, 0.4) is 0 Å². The van der Waals surface area contributed by atoms with Gasteiger partial charge in [0, 0.05) is 19.1 Å². The van der Waals surface area contributed by atoms with Crippen LogP contribution in [0.15, 0.2) is 12.2 Å². The van der Waals surface area contributed by atoms with Crippen LogP contribution in [0.25, 0.3) is 0 Å². The summed E-state index contributed by atoms with van der Waals surface area (Å²) in [5.41, 5.74) is 0. The molecule has 0 bridgehead atoms. The zero-order valence-corrected chi connectivity index (χ0v) is 6.56. The summed E-state index contributed by atoms with van der Waals surface area (Å²) in [6, 6.07) is 0.741. The molecule has 2 heteroatoms. The summed E-state index contributed by atoms with van der Waals surface area (Å²) in [7, 11) is 0. The largest absolute Gasteiger partial charge is 0.314 e. The Hall–Kier alpha value is -0.340. The van der Waals surface area contributed by atoms with E-state index < -0.39 is 0 Å². The van der Waals surface area contributed by atoms with E-state index in [9.17, 15) is 0 Å². The molecule has 1 heterocycles. The van der Waals surface area contributed by atoms with Gasteiger partial charge in [-0.05, 0) is 19.9 Å². The number of hydrogen-bond acceptors (Lipinski definition) is 2. The molecule has 1 aliphatic rings. The molecule has 1 saturated heterocycles. The van der Waals surface area contributed by atoms with E-state index in [-0.39, 0.29) is 0 Å². The zero-order valence-electron chi connectivity index (χ0n) is 6.56. The van der Waals surface area contributed by atoms with Crippen molar-refractivity contribution in [2.75, 3.05) is 19.6 Å². The van der Waals surface area contributed by atoms with Crippen molar-refractivity contribution in [1.29, 1.82) is 0 Å². The maximum Gasteiger partial charge on any atom is 0.0317 e. The smallest absolute Gasteiger partial charge is 0.0317 e. The highest BCUT2D eigenvalue weighted by atomic mass is 15.1. The molecule has 0 amide bonds. The van der Waals surface area contributed by atoms with Gasteiger partial charge in [-0.25, -0.2) is 0 Å². The summed E-state index contributed by atoms with van der Waals surface area (Å²) >= 11 is 0. The first-order valence-corrected chi connectivity index (χ1v) is 3.98. The molecular weight excluding hydrogens is 124 g/mol. The summed E-state index contributed by atoms with van der Waals surface area (Å²) in [5.74, 6) is 0. The van der Waals surface area contributed by atoms with Crippen LogP contribution >= 0.6 is 0 Å². The SMILES string of the molecule is C/C=C/CCNC1CNC1. The first kappa shape index (κ1) is 7.76. The van der Waals surface area contributed by atoms with E-state index in [1.54, 1.807) is 0 Å². The van der Waals surface area contributed by atoms with Crippen molar-refractivity contribution in [2.24, 2.45) is 0 Å². The predicted molar refractivity (Wildman–Crippen MR) is 44.1 cm³/mol. The van der Waals surface area contributed by atoms with Crippen LogP contribution in [-0.2, 0) is 0 Å². The van der Waals surface area contributed by atoms with E-state index in [1.807, 2.05) is 0 Å². The molecule has 0 aromatic carbocycles. The van der Waals surface area contributed by atoms with E-state index in [4.69, 9.17) is 0 Å². The molecule has 10 heavy (non-hydrogen) atoms. The molecule has 0 aromatic rings. The van der Waals surface area contributed by atoms with Gasteiger partial charge in [0.05, 0.1) is 0 Å². The molecule has 2 nitrogen and oxygen atoms in total. The van der Waals surface area contributed by atoms with Crippen LogP contribution in [0.4, 0.5) is 0 Å². The predicted octanol–water partition coefficient (Wildman–Crippen LogP) is 0.514. The summed E-state index contributed by atoms with van der Waals surface area (Å²) in [6.45, 7) is 5.48. The summed E-state index contributed by atoms with van der Waals surface area (Å²) < 4.78 is 0. The summed E-state index contributed by atoms with van der Waals surface area (Å²) in [4.78, 5) is 0. The second-order valence-electron chi connectivity index (χ2n) is 2.67. The maximum atomic E-state index is 3.44. The molecule has 1 rings (SSSR count). The second kappa shape index (κ2) is 4.47. The van der Waals surface area contributed by atoms with Crippen LogP contribution in [0, 0.1) is 0 Å². The highest BCUT2D eigenvalue weighted by Crippen LogP contribution is 1.90. The first-order chi connectivity index (χ1) is 4.93. The lowest BCUT2D eigenvalue weighted by Crippen LogP contribution is -2.55. The van der Waals surface area contributed by atoms with E-state index in [2.05, 4.69) is 29.7 Å². The Labute approximate surface area is 62.7 Å². The monoisotopic (exact) mass is 140 g/mol. The van der Waals surface area contributed by atoms with Gasteiger partial charge in [0.15, 0.2) is 0 Å². The van der Waals surface area contributed by atoms with Gasteiger partial charge in [0.2, 0.25) is 0 Å². The number of hydrogen-bond donors (Lipinski definition) is 2. The van der Waals surface area contributed by atoms with Crippen molar-refractivity contribution in [3.63, 3.8) is 0 Å². The van der Waals surface area contributed by atoms with Gasteiger partial charge in [-0.1, -0.05) is 12.2 Å². The molecule has 0 aromatic heterocycles. The van der Waals surface area contributed by atoms with Crippen molar-refractivity contribution >= 4 is 0 Å². The van der Waals surface area contributed by atoms with Crippen molar-refractivity contribution < 1.29 is 0 Å². The topological polar surface area (TPSA) is 24.1 Å². The van der Waals surface area contributed by atoms with Gasteiger partial charge < -0.3 is 10.6 Å². The lowest BCUT2D eigenvalue weighted by Gasteiger charge is -2.27. The third-order valence-electron chi connectivity index (χ3n) is 1.76. The molecule has 1 fully saturated rings. The molecule has 0 unspecified atom stereocenters. The highest BCUT2D eigenvalue weighted by Gasteiger charge is 2.13. The minimum Gasteiger partial charge on any atom is -0.314 e. The van der Waals surface area contributed by atoms with Crippen LogP contribution in [0.5, 0.6) is 0 Å². The Balaban J connectivity index is 1.85. The number of rotatable bonds is 4. The van der Waals surface area contributed by atoms with Crippen LogP contribution in [0.1, 0.15) is 13.3 Å². The van der Waals surface area contributed by atoms with Crippen molar-refractivity contribution in [1.82, 2.24) is 10.6 Å². The zero-order chi connectivity index (χ0) is 7.23. The van der Waals surface area contributed by atoms with E-state index in [0.29, 0.717) is 0 Å². The molecule has 0 radical (unpaired) electrons. The molecule has 0 aliphatic carbocycles.